The molecule has 0 fully saturated rings. The molecule has 8 nitrogen and oxygen atoms in total. The molecule has 0 aliphatic heterocycles. The van der Waals surface area contributed by atoms with Crippen molar-refractivity contribution in [1.82, 2.24) is 19.2 Å². The molecule has 0 saturated carbocycles. The molecule has 0 amide bonds. The number of para-hydroxylation sites is 2. The molecule has 2 heterocycles. The molecular formula is C24H20N4O4. The van der Waals surface area contributed by atoms with Crippen molar-refractivity contribution >= 4 is 16.7 Å². The minimum atomic E-state index is -0.169. The number of benzene rings is 3. The predicted molar refractivity (Wildman–Crippen MR) is 121 cm³/mol. The summed E-state index contributed by atoms with van der Waals surface area (Å²) >= 11 is 0. The topological polar surface area (TPSA) is 90.9 Å². The fourth-order valence-corrected chi connectivity index (χ4v) is 3.86. The van der Waals surface area contributed by atoms with Gasteiger partial charge in [0.2, 0.25) is 5.78 Å². The van der Waals surface area contributed by atoms with Crippen molar-refractivity contribution in [3.05, 3.63) is 82.6 Å². The lowest BCUT2D eigenvalue weighted by atomic mass is 10.1. The van der Waals surface area contributed by atoms with Gasteiger partial charge in [0.05, 0.1) is 37.2 Å². The summed E-state index contributed by atoms with van der Waals surface area (Å²) in [4.78, 5) is 13.4. The minimum absolute atomic E-state index is 0.0405. The van der Waals surface area contributed by atoms with Crippen LogP contribution in [0.25, 0.3) is 28.1 Å². The van der Waals surface area contributed by atoms with E-state index in [4.69, 9.17) is 9.47 Å². The average Bonchev–Trinajstić information content (AvgIpc) is 3.27. The van der Waals surface area contributed by atoms with E-state index in [1.165, 1.54) is 7.11 Å². The van der Waals surface area contributed by atoms with Gasteiger partial charge < -0.3 is 14.6 Å². The van der Waals surface area contributed by atoms with E-state index in [2.05, 4.69) is 10.2 Å². The zero-order valence-electron chi connectivity index (χ0n) is 17.5. The zero-order valence-corrected chi connectivity index (χ0v) is 17.5. The van der Waals surface area contributed by atoms with E-state index in [9.17, 15) is 9.90 Å². The molecule has 1 N–H and O–H groups in total. The van der Waals surface area contributed by atoms with Crippen LogP contribution < -0.4 is 15.0 Å². The van der Waals surface area contributed by atoms with Crippen LogP contribution >= 0.6 is 0 Å². The first-order valence-electron chi connectivity index (χ1n) is 9.98. The Kier molecular flexibility index (Phi) is 4.74. The highest BCUT2D eigenvalue weighted by Gasteiger charge is 2.20. The number of rotatable bonds is 5. The number of ether oxygens (including phenoxy) is 2. The molecule has 0 unspecified atom stereocenters. The van der Waals surface area contributed by atoms with Crippen molar-refractivity contribution in [2.24, 2.45) is 0 Å². The van der Waals surface area contributed by atoms with Gasteiger partial charge in [-0.1, -0.05) is 30.3 Å². The van der Waals surface area contributed by atoms with Crippen LogP contribution in [0.15, 0.2) is 71.5 Å². The Balaban J connectivity index is 1.79. The third-order valence-electron chi connectivity index (χ3n) is 5.47. The van der Waals surface area contributed by atoms with E-state index < -0.39 is 0 Å². The van der Waals surface area contributed by atoms with Crippen LogP contribution in [0.2, 0.25) is 0 Å². The van der Waals surface area contributed by atoms with Gasteiger partial charge in [0.1, 0.15) is 5.75 Å². The second-order valence-corrected chi connectivity index (χ2v) is 7.27. The highest BCUT2D eigenvalue weighted by atomic mass is 16.5. The first-order chi connectivity index (χ1) is 15.6. The lowest BCUT2D eigenvalue weighted by molar-refractivity contribution is 0.374. The largest absolute Gasteiger partial charge is 0.504 e. The van der Waals surface area contributed by atoms with Crippen molar-refractivity contribution in [2.75, 3.05) is 14.2 Å². The quantitative estimate of drug-likeness (QED) is 0.461. The summed E-state index contributed by atoms with van der Waals surface area (Å²) in [6.45, 7) is 0.305. The van der Waals surface area contributed by atoms with Gasteiger partial charge in [-0.15, -0.1) is 10.2 Å². The van der Waals surface area contributed by atoms with Gasteiger partial charge in [-0.3, -0.25) is 13.8 Å². The molecule has 5 aromatic rings. The predicted octanol–water partition coefficient (Wildman–Crippen LogP) is 3.48. The lowest BCUT2D eigenvalue weighted by Gasteiger charge is -2.13. The molecule has 32 heavy (non-hydrogen) atoms. The number of methoxy groups -OCH3 is 2. The molecule has 0 spiro atoms. The van der Waals surface area contributed by atoms with Crippen molar-refractivity contribution in [3.63, 3.8) is 0 Å². The molecule has 160 valence electrons. The van der Waals surface area contributed by atoms with E-state index in [1.54, 1.807) is 40.3 Å². The van der Waals surface area contributed by atoms with Crippen molar-refractivity contribution in [2.45, 2.75) is 6.54 Å². The summed E-state index contributed by atoms with van der Waals surface area (Å²) in [5.41, 5.74) is 1.86. The zero-order chi connectivity index (χ0) is 22.2. The van der Waals surface area contributed by atoms with Gasteiger partial charge in [0.25, 0.3) is 5.56 Å². The van der Waals surface area contributed by atoms with Crippen molar-refractivity contribution < 1.29 is 14.6 Å². The van der Waals surface area contributed by atoms with E-state index in [0.29, 0.717) is 40.4 Å². The number of hydrogen-bond acceptors (Lipinski definition) is 6. The molecule has 3 aromatic carbocycles. The van der Waals surface area contributed by atoms with Gasteiger partial charge >= 0.3 is 0 Å². The maximum Gasteiger partial charge on any atom is 0.263 e. The standard InChI is InChI=1S/C24H20N4O4/c1-31-16-12-10-15(11-13-16)14-27-23(30)17-6-3-4-8-19(17)28-22(25-26-24(27)28)18-7-5-9-20(32-2)21(18)29/h3-13,29H,14H2,1-2H3. The second kappa shape index (κ2) is 7.73. The van der Waals surface area contributed by atoms with Crippen LogP contribution in [0.4, 0.5) is 0 Å². The number of nitrogens with zero attached hydrogens (tertiary/aromatic N) is 4. The first-order valence-corrected chi connectivity index (χ1v) is 9.98. The van der Waals surface area contributed by atoms with Crippen LogP contribution in [-0.4, -0.2) is 38.5 Å². The van der Waals surface area contributed by atoms with Gasteiger partial charge in [-0.05, 0) is 42.0 Å². The molecule has 0 atom stereocenters. The van der Waals surface area contributed by atoms with Crippen LogP contribution in [-0.2, 0) is 6.54 Å². The summed E-state index contributed by atoms with van der Waals surface area (Å²) in [6.07, 6.45) is 0. The maximum absolute atomic E-state index is 13.4. The van der Waals surface area contributed by atoms with Crippen molar-refractivity contribution in [3.8, 4) is 28.6 Å². The number of aromatic nitrogens is 4. The number of phenolic OH excluding ortho intramolecular Hbond substituents is 1. The van der Waals surface area contributed by atoms with Crippen LogP contribution in [0.1, 0.15) is 5.56 Å². The summed E-state index contributed by atoms with van der Waals surface area (Å²) < 4.78 is 13.8. The normalized spacial score (nSPS) is 11.2. The molecule has 0 saturated heterocycles. The minimum Gasteiger partial charge on any atom is -0.504 e. The molecule has 5 rings (SSSR count). The number of fused-ring (bicyclic) bond motifs is 3. The van der Waals surface area contributed by atoms with E-state index in [0.717, 1.165) is 11.3 Å². The van der Waals surface area contributed by atoms with Gasteiger partial charge in [-0.2, -0.15) is 0 Å². The van der Waals surface area contributed by atoms with Gasteiger partial charge in [0, 0.05) is 0 Å². The fourth-order valence-electron chi connectivity index (χ4n) is 3.86. The Bertz CT molecular complexity index is 1500. The second-order valence-electron chi connectivity index (χ2n) is 7.27. The number of phenols is 1. The van der Waals surface area contributed by atoms with E-state index in [-0.39, 0.29) is 11.3 Å². The summed E-state index contributed by atoms with van der Waals surface area (Å²) in [5, 5.41) is 19.9. The Hall–Kier alpha value is -4.33. The van der Waals surface area contributed by atoms with Gasteiger partial charge in [-0.25, -0.2) is 0 Å². The van der Waals surface area contributed by atoms with Crippen molar-refractivity contribution in [1.29, 1.82) is 0 Å². The number of hydrogen-bond donors (Lipinski definition) is 1. The van der Waals surface area contributed by atoms with Gasteiger partial charge in [0.15, 0.2) is 17.3 Å². The monoisotopic (exact) mass is 428 g/mol. The lowest BCUT2D eigenvalue weighted by Crippen LogP contribution is -2.24. The van der Waals surface area contributed by atoms with Crippen LogP contribution in [0, 0.1) is 0 Å². The highest BCUT2D eigenvalue weighted by molar-refractivity contribution is 5.83. The SMILES string of the molecule is COc1ccc(Cn2c(=O)c3ccccc3n3c(-c4cccc(OC)c4O)nnc23)cc1. The molecule has 0 bridgehead atoms. The third kappa shape index (κ3) is 3.04. The summed E-state index contributed by atoms with van der Waals surface area (Å²) in [5.74, 6) is 1.82. The smallest absolute Gasteiger partial charge is 0.263 e. The molecule has 0 aliphatic carbocycles. The Morgan fingerprint density at radius 3 is 2.44 bits per heavy atom. The molecule has 0 radical (unpaired) electrons. The molecule has 0 aliphatic rings. The average molecular weight is 428 g/mol. The summed E-state index contributed by atoms with van der Waals surface area (Å²) in [7, 11) is 3.10. The van der Waals surface area contributed by atoms with E-state index >= 15 is 0 Å². The Morgan fingerprint density at radius 2 is 1.69 bits per heavy atom. The third-order valence-corrected chi connectivity index (χ3v) is 5.47. The fraction of sp³-hybridized carbons (Fsp3) is 0.125. The first kappa shape index (κ1) is 19.6. The maximum atomic E-state index is 13.4. The Morgan fingerprint density at radius 1 is 0.906 bits per heavy atom. The molecule has 2 aromatic heterocycles. The van der Waals surface area contributed by atoms with Crippen LogP contribution in [0.3, 0.4) is 0 Å². The Labute approximate surface area is 182 Å². The number of aromatic hydroxyl groups is 1. The molecular weight excluding hydrogens is 408 g/mol. The summed E-state index contributed by atoms with van der Waals surface area (Å²) in [6, 6.07) is 20.0. The highest BCUT2D eigenvalue weighted by Crippen LogP contribution is 2.36. The van der Waals surface area contributed by atoms with Crippen LogP contribution in [0.5, 0.6) is 17.2 Å². The van der Waals surface area contributed by atoms with E-state index in [1.807, 2.05) is 42.5 Å². The molecule has 8 heteroatoms.